The number of rotatable bonds is 6. The molecule has 9 nitrogen and oxygen atoms in total. The molecule has 1 fully saturated rings. The molecule has 1 N–H and O–H groups in total. The van der Waals surface area contributed by atoms with Crippen molar-refractivity contribution in [3.05, 3.63) is 51.4 Å². The van der Waals surface area contributed by atoms with Crippen LogP contribution in [0, 0.1) is 10.1 Å². The van der Waals surface area contributed by atoms with Crippen LogP contribution in [0.15, 0.2) is 36.4 Å². The third kappa shape index (κ3) is 4.84. The van der Waals surface area contributed by atoms with Gasteiger partial charge >= 0.3 is 5.00 Å². The summed E-state index contributed by atoms with van der Waals surface area (Å²) in [7, 11) is 1.48. The zero-order chi connectivity index (χ0) is 20.1. The molecule has 1 aliphatic rings. The molecule has 148 valence electrons. The van der Waals surface area contributed by atoms with Crippen LogP contribution in [-0.2, 0) is 9.53 Å². The van der Waals surface area contributed by atoms with Crippen LogP contribution in [-0.4, -0.2) is 61.5 Å². The van der Waals surface area contributed by atoms with Gasteiger partial charge in [0.05, 0.1) is 29.6 Å². The summed E-state index contributed by atoms with van der Waals surface area (Å²) in [5.74, 6) is -0.781. The molecule has 0 aliphatic carbocycles. The first-order valence-corrected chi connectivity index (χ1v) is 9.48. The number of ether oxygens (including phenoxy) is 1. The average Bonchev–Trinajstić information content (AvgIpc) is 3.19. The lowest BCUT2D eigenvalue weighted by Crippen LogP contribution is -2.36. The molecule has 28 heavy (non-hydrogen) atoms. The highest BCUT2D eigenvalue weighted by atomic mass is 32.1. The van der Waals surface area contributed by atoms with E-state index in [0.29, 0.717) is 18.9 Å². The van der Waals surface area contributed by atoms with Gasteiger partial charge < -0.3 is 19.9 Å². The Bertz CT molecular complexity index is 861. The Hall–Kier alpha value is -2.98. The molecular weight excluding hydrogens is 384 g/mol. The van der Waals surface area contributed by atoms with Crippen molar-refractivity contribution in [3.63, 3.8) is 0 Å². The minimum atomic E-state index is -0.547. The number of anilines is 2. The maximum absolute atomic E-state index is 12.3. The zero-order valence-corrected chi connectivity index (χ0v) is 16.1. The molecule has 0 bridgehead atoms. The van der Waals surface area contributed by atoms with Gasteiger partial charge in [-0.1, -0.05) is 11.3 Å². The van der Waals surface area contributed by atoms with Crippen molar-refractivity contribution in [2.75, 3.05) is 50.1 Å². The SMILES string of the molecule is CN(CC(=O)Nc1ccc(N2CCOCC2)cc1)C(=O)c1ccc([N+](=O)[O-])s1. The molecule has 2 aromatic rings. The van der Waals surface area contributed by atoms with Crippen LogP contribution >= 0.6 is 11.3 Å². The van der Waals surface area contributed by atoms with Crippen LogP contribution in [0.25, 0.3) is 0 Å². The summed E-state index contributed by atoms with van der Waals surface area (Å²) in [5, 5.41) is 13.4. The number of nitrogens with zero attached hydrogens (tertiary/aromatic N) is 3. The summed E-state index contributed by atoms with van der Waals surface area (Å²) in [4.78, 5) is 38.4. The number of benzene rings is 1. The van der Waals surface area contributed by atoms with Gasteiger partial charge in [-0.15, -0.1) is 0 Å². The van der Waals surface area contributed by atoms with Crippen molar-refractivity contribution in [1.29, 1.82) is 0 Å². The van der Waals surface area contributed by atoms with Gasteiger partial charge in [0.1, 0.15) is 0 Å². The molecule has 0 saturated carbocycles. The van der Waals surface area contributed by atoms with Crippen molar-refractivity contribution >= 4 is 39.5 Å². The largest absolute Gasteiger partial charge is 0.378 e. The maximum Gasteiger partial charge on any atom is 0.324 e. The van der Waals surface area contributed by atoms with Gasteiger partial charge in [-0.3, -0.25) is 19.7 Å². The van der Waals surface area contributed by atoms with Gasteiger partial charge in [-0.05, 0) is 30.3 Å². The summed E-state index contributed by atoms with van der Waals surface area (Å²) in [6, 6.07) is 10.2. The maximum atomic E-state index is 12.3. The third-order valence-electron chi connectivity index (χ3n) is 4.24. The zero-order valence-electron chi connectivity index (χ0n) is 15.3. The molecule has 0 radical (unpaired) electrons. The van der Waals surface area contributed by atoms with Crippen molar-refractivity contribution in [2.24, 2.45) is 0 Å². The summed E-state index contributed by atoms with van der Waals surface area (Å²) in [6.45, 7) is 2.91. The lowest BCUT2D eigenvalue weighted by molar-refractivity contribution is -0.380. The number of carbonyl (C=O) groups excluding carboxylic acids is 2. The number of likely N-dealkylation sites (N-methyl/N-ethyl adjacent to an activating group) is 1. The fraction of sp³-hybridized carbons (Fsp3) is 0.333. The fourth-order valence-electron chi connectivity index (χ4n) is 2.79. The molecule has 0 unspecified atom stereocenters. The van der Waals surface area contributed by atoms with Crippen LogP contribution in [0.3, 0.4) is 0 Å². The Kier molecular flexibility index (Phi) is 6.22. The van der Waals surface area contributed by atoms with E-state index in [-0.39, 0.29) is 22.3 Å². The lowest BCUT2D eigenvalue weighted by Gasteiger charge is -2.28. The molecule has 3 rings (SSSR count). The highest BCUT2D eigenvalue weighted by Gasteiger charge is 2.20. The van der Waals surface area contributed by atoms with E-state index in [2.05, 4.69) is 10.2 Å². The Morgan fingerprint density at radius 1 is 1.21 bits per heavy atom. The van der Waals surface area contributed by atoms with Crippen molar-refractivity contribution in [3.8, 4) is 0 Å². The number of amides is 2. The minimum Gasteiger partial charge on any atom is -0.378 e. The van der Waals surface area contributed by atoms with E-state index in [9.17, 15) is 19.7 Å². The highest BCUT2D eigenvalue weighted by Crippen LogP contribution is 2.25. The van der Waals surface area contributed by atoms with Crippen LogP contribution in [0.2, 0.25) is 0 Å². The normalized spacial score (nSPS) is 13.8. The number of nitro groups is 1. The van der Waals surface area contributed by atoms with Crippen molar-refractivity contribution < 1.29 is 19.2 Å². The van der Waals surface area contributed by atoms with Crippen LogP contribution in [0.4, 0.5) is 16.4 Å². The topological polar surface area (TPSA) is 105 Å². The molecule has 1 aliphatic heterocycles. The van der Waals surface area contributed by atoms with Gasteiger partial charge in [-0.25, -0.2) is 0 Å². The summed E-state index contributed by atoms with van der Waals surface area (Å²) in [5.41, 5.74) is 1.70. The van der Waals surface area contributed by atoms with Crippen LogP contribution in [0.5, 0.6) is 0 Å². The van der Waals surface area contributed by atoms with E-state index in [1.165, 1.54) is 24.1 Å². The second-order valence-electron chi connectivity index (χ2n) is 6.25. The summed E-state index contributed by atoms with van der Waals surface area (Å²) < 4.78 is 5.34. The molecule has 1 saturated heterocycles. The first-order valence-electron chi connectivity index (χ1n) is 8.66. The van der Waals surface area contributed by atoms with E-state index < -0.39 is 10.8 Å². The fourth-order valence-corrected chi connectivity index (χ4v) is 3.61. The summed E-state index contributed by atoms with van der Waals surface area (Å²) >= 11 is 0.788. The number of thiophene rings is 1. The quantitative estimate of drug-likeness (QED) is 0.585. The highest BCUT2D eigenvalue weighted by molar-refractivity contribution is 7.17. The number of carbonyl (C=O) groups is 2. The number of nitrogens with one attached hydrogen (secondary N) is 1. The second kappa shape index (κ2) is 8.81. The standard InChI is InChI=1S/C18H20N4O5S/c1-20(18(24)15-6-7-17(28-15)22(25)26)12-16(23)19-13-2-4-14(5-3-13)21-8-10-27-11-9-21/h2-7H,8-12H2,1H3,(H,19,23). The second-order valence-corrected chi connectivity index (χ2v) is 7.31. The predicted molar refractivity (Wildman–Crippen MR) is 106 cm³/mol. The van der Waals surface area contributed by atoms with Crippen molar-refractivity contribution in [1.82, 2.24) is 4.90 Å². The molecular formula is C18H20N4O5S. The molecule has 2 amide bonds. The Morgan fingerprint density at radius 3 is 2.50 bits per heavy atom. The van der Waals surface area contributed by atoms with Gasteiger partial charge in [0.15, 0.2) is 0 Å². The molecule has 2 heterocycles. The first kappa shape index (κ1) is 19.8. The Balaban J connectivity index is 1.53. The lowest BCUT2D eigenvalue weighted by atomic mass is 10.2. The van der Waals surface area contributed by atoms with Crippen LogP contribution < -0.4 is 10.2 Å². The average molecular weight is 404 g/mol. The first-order chi connectivity index (χ1) is 13.4. The van der Waals surface area contributed by atoms with E-state index in [1.807, 2.05) is 24.3 Å². The molecule has 1 aromatic carbocycles. The van der Waals surface area contributed by atoms with E-state index in [1.54, 1.807) is 0 Å². The number of hydrogen-bond acceptors (Lipinski definition) is 7. The predicted octanol–water partition coefficient (Wildman–Crippen LogP) is 2.20. The van der Waals surface area contributed by atoms with E-state index >= 15 is 0 Å². The molecule has 0 spiro atoms. The number of hydrogen-bond donors (Lipinski definition) is 1. The van der Waals surface area contributed by atoms with E-state index in [0.717, 1.165) is 30.1 Å². The summed E-state index contributed by atoms with van der Waals surface area (Å²) in [6.07, 6.45) is 0. The number of morpholine rings is 1. The minimum absolute atomic E-state index is 0.110. The molecule has 10 heteroatoms. The van der Waals surface area contributed by atoms with Gasteiger partial charge in [0.25, 0.3) is 5.91 Å². The molecule has 0 atom stereocenters. The van der Waals surface area contributed by atoms with E-state index in [4.69, 9.17) is 4.74 Å². The van der Waals surface area contributed by atoms with Gasteiger partial charge in [-0.2, -0.15) is 0 Å². The van der Waals surface area contributed by atoms with Crippen LogP contribution in [0.1, 0.15) is 9.67 Å². The van der Waals surface area contributed by atoms with Crippen molar-refractivity contribution in [2.45, 2.75) is 0 Å². The Labute approximate surface area is 165 Å². The Morgan fingerprint density at radius 2 is 1.89 bits per heavy atom. The smallest absolute Gasteiger partial charge is 0.324 e. The third-order valence-corrected chi connectivity index (χ3v) is 5.26. The molecule has 1 aromatic heterocycles. The van der Waals surface area contributed by atoms with Gasteiger partial charge in [0, 0.05) is 37.6 Å². The monoisotopic (exact) mass is 404 g/mol. The van der Waals surface area contributed by atoms with Gasteiger partial charge in [0.2, 0.25) is 5.91 Å².